The van der Waals surface area contributed by atoms with E-state index in [4.69, 9.17) is 45.4 Å². The topological polar surface area (TPSA) is 197 Å². The standard InChI is InChI=1S/C39H57ClN6O10Si/c1-14-51-32(48)39(23(2)47,20-24-18-16-15-17-19-24)52-21-25-26(41)28(56-57(12,13)38(9,10)11)31(53-25)45-22-42-27-29(45)43-33(40)44-30(27)46(34(49)54-36(3,4)5)35(50)55-37(6,7)8/h15-19,22,25-26,28,31H,14,20-21,41H2,1-13H3/t25-,26-,28-,31-,39?/m1/s1. The van der Waals surface area contributed by atoms with Gasteiger partial charge < -0.3 is 33.8 Å². The van der Waals surface area contributed by atoms with E-state index in [0.29, 0.717) is 10.5 Å². The van der Waals surface area contributed by atoms with Crippen molar-refractivity contribution in [1.29, 1.82) is 0 Å². The Bertz CT molecular complexity index is 1910. The first-order valence-corrected chi connectivity index (χ1v) is 22.1. The minimum atomic E-state index is -2.59. The van der Waals surface area contributed by atoms with Gasteiger partial charge in [-0.3, -0.25) is 9.36 Å². The average molecular weight is 833 g/mol. The number of imidazole rings is 1. The van der Waals surface area contributed by atoms with Crippen LogP contribution in [-0.2, 0) is 44.1 Å². The van der Waals surface area contributed by atoms with Crippen LogP contribution in [0.5, 0.6) is 0 Å². The Labute approximate surface area is 340 Å². The minimum Gasteiger partial charge on any atom is -0.463 e. The molecule has 1 unspecified atom stereocenters. The van der Waals surface area contributed by atoms with Crippen molar-refractivity contribution in [3.8, 4) is 0 Å². The fraction of sp³-hybridized carbons (Fsp3) is 0.615. The van der Waals surface area contributed by atoms with Gasteiger partial charge in [-0.25, -0.2) is 19.4 Å². The maximum Gasteiger partial charge on any atom is 0.425 e. The zero-order chi connectivity index (χ0) is 42.9. The summed E-state index contributed by atoms with van der Waals surface area (Å²) in [5.74, 6) is -1.68. The number of aromatic nitrogens is 4. The van der Waals surface area contributed by atoms with Crippen molar-refractivity contribution < 1.29 is 47.3 Å². The molecule has 0 bridgehead atoms. The number of imide groups is 1. The second-order valence-corrected chi connectivity index (χ2v) is 22.6. The highest BCUT2D eigenvalue weighted by molar-refractivity contribution is 6.74. The number of Topliss-reactive ketones (excluding diaryl/α,β-unsaturated/α-hetero) is 1. The molecular weight excluding hydrogens is 776 g/mol. The zero-order valence-corrected chi connectivity index (χ0v) is 36.9. The molecule has 314 valence electrons. The summed E-state index contributed by atoms with van der Waals surface area (Å²) in [4.78, 5) is 68.0. The van der Waals surface area contributed by atoms with Gasteiger partial charge in [0.25, 0.3) is 0 Å². The van der Waals surface area contributed by atoms with E-state index in [1.807, 2.05) is 6.07 Å². The van der Waals surface area contributed by atoms with Crippen LogP contribution in [0.4, 0.5) is 15.4 Å². The number of hydrogen-bond donors (Lipinski definition) is 1. The van der Waals surface area contributed by atoms with Crippen molar-refractivity contribution in [3.05, 3.63) is 47.5 Å². The van der Waals surface area contributed by atoms with E-state index in [1.165, 1.54) is 17.8 Å². The summed E-state index contributed by atoms with van der Waals surface area (Å²) in [6, 6.07) is 8.12. The zero-order valence-electron chi connectivity index (χ0n) is 35.2. The summed E-state index contributed by atoms with van der Waals surface area (Å²) in [5.41, 5.74) is 3.71. The highest BCUT2D eigenvalue weighted by atomic mass is 35.5. The summed E-state index contributed by atoms with van der Waals surface area (Å²) < 4.78 is 37.9. The van der Waals surface area contributed by atoms with Crippen LogP contribution >= 0.6 is 11.6 Å². The second kappa shape index (κ2) is 17.1. The van der Waals surface area contributed by atoms with Crippen LogP contribution in [0, 0.1) is 0 Å². The lowest BCUT2D eigenvalue weighted by molar-refractivity contribution is -0.181. The van der Waals surface area contributed by atoms with E-state index >= 15 is 0 Å². The van der Waals surface area contributed by atoms with Crippen LogP contribution < -0.4 is 10.6 Å². The summed E-state index contributed by atoms with van der Waals surface area (Å²) in [5, 5.41) is -0.589. The first-order valence-electron chi connectivity index (χ1n) is 18.8. The smallest absolute Gasteiger partial charge is 0.425 e. The van der Waals surface area contributed by atoms with Gasteiger partial charge >= 0.3 is 18.2 Å². The minimum absolute atomic E-state index is 0.0140. The fourth-order valence-electron chi connectivity index (χ4n) is 5.76. The lowest BCUT2D eigenvalue weighted by Gasteiger charge is -2.40. The molecule has 1 aliphatic rings. The maximum absolute atomic E-state index is 13.6. The molecule has 1 aromatic carbocycles. The Hall–Kier alpha value is -4.00. The molecule has 16 nitrogen and oxygen atoms in total. The molecule has 1 aliphatic heterocycles. The number of carbonyl (C=O) groups excluding carboxylic acids is 4. The van der Waals surface area contributed by atoms with Gasteiger partial charge in [-0.15, -0.1) is 0 Å². The molecule has 0 saturated carbocycles. The van der Waals surface area contributed by atoms with Crippen LogP contribution in [-0.4, -0.2) is 100 Å². The van der Waals surface area contributed by atoms with Gasteiger partial charge in [-0.2, -0.15) is 14.9 Å². The molecule has 1 fully saturated rings. The van der Waals surface area contributed by atoms with Gasteiger partial charge in [0.05, 0.1) is 25.6 Å². The molecule has 0 radical (unpaired) electrons. The average Bonchev–Trinajstić information content (AvgIpc) is 3.61. The molecule has 2 amide bonds. The van der Waals surface area contributed by atoms with Gasteiger partial charge in [0, 0.05) is 6.42 Å². The summed E-state index contributed by atoms with van der Waals surface area (Å²) in [6.45, 7) is 22.9. The third-order valence-corrected chi connectivity index (χ3v) is 14.3. The molecule has 2 aromatic heterocycles. The third-order valence-electron chi connectivity index (χ3n) is 9.62. The van der Waals surface area contributed by atoms with E-state index < -0.39 is 73.5 Å². The normalized spacial score (nSPS) is 20.2. The van der Waals surface area contributed by atoms with Gasteiger partial charge in [0.15, 0.2) is 37.3 Å². The Kier molecular flexibility index (Phi) is 13.7. The largest absolute Gasteiger partial charge is 0.463 e. The fourth-order valence-corrected chi connectivity index (χ4v) is 7.23. The molecule has 3 heterocycles. The molecular formula is C39H57ClN6O10Si. The van der Waals surface area contributed by atoms with Crippen LogP contribution in [0.3, 0.4) is 0 Å². The molecule has 0 spiro atoms. The molecule has 57 heavy (non-hydrogen) atoms. The molecule has 0 aliphatic carbocycles. The lowest BCUT2D eigenvalue weighted by atomic mass is 9.90. The number of nitrogens with zero attached hydrogens (tertiary/aromatic N) is 5. The van der Waals surface area contributed by atoms with Gasteiger partial charge in [0.2, 0.25) is 10.9 Å². The number of ether oxygens (including phenoxy) is 5. The number of benzene rings is 1. The number of hydrogen-bond acceptors (Lipinski definition) is 14. The number of fused-ring (bicyclic) bond motifs is 1. The van der Waals surface area contributed by atoms with Crippen molar-refractivity contribution in [2.45, 2.75) is 142 Å². The van der Waals surface area contributed by atoms with E-state index in [9.17, 15) is 19.2 Å². The first-order chi connectivity index (χ1) is 26.2. The maximum atomic E-state index is 13.6. The van der Waals surface area contributed by atoms with E-state index in [0.717, 1.165) is 0 Å². The van der Waals surface area contributed by atoms with E-state index in [2.05, 4.69) is 48.8 Å². The third kappa shape index (κ3) is 10.5. The van der Waals surface area contributed by atoms with Crippen molar-refractivity contribution in [1.82, 2.24) is 19.5 Å². The van der Waals surface area contributed by atoms with Crippen molar-refractivity contribution in [2.24, 2.45) is 5.73 Å². The monoisotopic (exact) mass is 832 g/mol. The van der Waals surface area contributed by atoms with Gasteiger partial charge in [-0.05, 0) is 90.7 Å². The predicted molar refractivity (Wildman–Crippen MR) is 215 cm³/mol. The number of amides is 2. The van der Waals surface area contributed by atoms with Crippen molar-refractivity contribution >= 4 is 60.8 Å². The lowest BCUT2D eigenvalue weighted by Crippen LogP contribution is -2.54. The summed E-state index contributed by atoms with van der Waals surface area (Å²) in [6.07, 6.45) is -3.70. The molecule has 1 saturated heterocycles. The SMILES string of the molecule is CCOC(=O)C(Cc1ccccc1)(OC[C@H]1O[C@@H](n2cnc3c(N(C(=O)OC(C)(C)C)C(=O)OC(C)(C)C)nc(Cl)nc32)[C@H](O[Si](C)(C)C(C)(C)C)[C@@H]1N)C(C)=O. The van der Waals surface area contributed by atoms with Crippen molar-refractivity contribution in [3.63, 3.8) is 0 Å². The highest BCUT2D eigenvalue weighted by Crippen LogP contribution is 2.43. The van der Waals surface area contributed by atoms with Crippen molar-refractivity contribution in [2.75, 3.05) is 18.1 Å². The number of esters is 1. The number of halogens is 1. The highest BCUT2D eigenvalue weighted by Gasteiger charge is 2.53. The van der Waals surface area contributed by atoms with Crippen LogP contribution in [0.2, 0.25) is 23.4 Å². The predicted octanol–water partition coefficient (Wildman–Crippen LogP) is 6.92. The number of carbonyl (C=O) groups is 4. The molecule has 4 rings (SSSR count). The molecule has 3 aromatic rings. The molecule has 2 N–H and O–H groups in total. The number of anilines is 1. The van der Waals surface area contributed by atoms with Crippen LogP contribution in [0.1, 0.15) is 88.0 Å². The van der Waals surface area contributed by atoms with Crippen LogP contribution in [0.15, 0.2) is 36.7 Å². The summed E-state index contributed by atoms with van der Waals surface area (Å²) >= 11 is 6.51. The van der Waals surface area contributed by atoms with Gasteiger partial charge in [0.1, 0.15) is 23.4 Å². The van der Waals surface area contributed by atoms with Crippen LogP contribution in [0.25, 0.3) is 11.2 Å². The Morgan fingerprint density at radius 1 is 0.947 bits per heavy atom. The Morgan fingerprint density at radius 3 is 2.04 bits per heavy atom. The van der Waals surface area contributed by atoms with E-state index in [-0.39, 0.29) is 46.9 Å². The number of nitrogens with two attached hydrogens (primary N) is 1. The quantitative estimate of drug-likeness (QED) is 0.0649. The summed E-state index contributed by atoms with van der Waals surface area (Å²) in [7, 11) is -2.59. The molecule has 18 heteroatoms. The Morgan fingerprint density at radius 2 is 1.53 bits per heavy atom. The van der Waals surface area contributed by atoms with Gasteiger partial charge in [-0.1, -0.05) is 51.1 Å². The first kappa shape index (κ1) is 45.7. The Balaban J connectivity index is 1.84. The second-order valence-electron chi connectivity index (χ2n) is 17.5. The molecule has 5 atom stereocenters. The number of ketones is 1. The van der Waals surface area contributed by atoms with E-state index in [1.54, 1.807) is 72.7 Å². The number of rotatable bonds is 12.